The third kappa shape index (κ3) is 9.61. The number of phenols is 1. The lowest BCUT2D eigenvalue weighted by atomic mass is 9.91. The van der Waals surface area contributed by atoms with Crippen molar-refractivity contribution in [3.8, 4) is 16.9 Å². The van der Waals surface area contributed by atoms with Crippen molar-refractivity contribution >= 4 is 11.9 Å². The number of hydrogen-bond acceptors (Lipinski definition) is 7. The molecule has 0 aliphatic carbocycles. The highest BCUT2D eigenvalue weighted by Crippen LogP contribution is 2.42. The molecule has 306 valence electrons. The van der Waals surface area contributed by atoms with Gasteiger partial charge in [-0.15, -0.1) is 0 Å². The van der Waals surface area contributed by atoms with Crippen LogP contribution in [0.4, 0.5) is 39.5 Å². The lowest BCUT2D eigenvalue weighted by molar-refractivity contribution is -0.144. The van der Waals surface area contributed by atoms with Crippen LogP contribution in [0.2, 0.25) is 0 Å². The molecule has 9 nitrogen and oxygen atoms in total. The van der Waals surface area contributed by atoms with Crippen molar-refractivity contribution in [2.75, 3.05) is 26.2 Å². The molecule has 2 atom stereocenters. The van der Waals surface area contributed by atoms with E-state index < -0.39 is 113 Å². The van der Waals surface area contributed by atoms with Crippen LogP contribution in [0.25, 0.3) is 11.1 Å². The molecule has 3 N–H and O–H groups in total. The van der Waals surface area contributed by atoms with Crippen LogP contribution in [-0.2, 0) is 39.7 Å². The van der Waals surface area contributed by atoms with Gasteiger partial charge in [0.25, 0.3) is 5.56 Å². The number of likely N-dealkylation sites (tertiary alicyclic amines) is 1. The molecule has 2 heterocycles. The highest BCUT2D eigenvalue weighted by Gasteiger charge is 2.40. The molecule has 1 aliphatic rings. The summed E-state index contributed by atoms with van der Waals surface area (Å²) in [7, 11) is 0. The van der Waals surface area contributed by atoms with Crippen molar-refractivity contribution in [1.29, 1.82) is 0 Å². The lowest BCUT2D eigenvalue weighted by Gasteiger charge is -2.34. The van der Waals surface area contributed by atoms with Crippen LogP contribution < -0.4 is 10.9 Å². The molecule has 0 radical (unpaired) electrons. The minimum absolute atomic E-state index is 0.0300. The van der Waals surface area contributed by atoms with Gasteiger partial charge in [-0.05, 0) is 72.9 Å². The minimum Gasteiger partial charge on any atom is -0.507 e. The van der Waals surface area contributed by atoms with Crippen molar-refractivity contribution in [1.82, 2.24) is 14.8 Å². The molecule has 1 aliphatic heterocycles. The molecule has 0 saturated carbocycles. The Balaban J connectivity index is 1.72. The first kappa shape index (κ1) is 42.8. The van der Waals surface area contributed by atoms with E-state index in [0.717, 1.165) is 30.3 Å². The Morgan fingerprint density at radius 1 is 0.965 bits per heavy atom. The number of hydrogen-bond donors (Lipinski definition) is 3. The maximum atomic E-state index is 16.1. The average Bonchev–Trinajstić information content (AvgIpc) is 3.10. The number of aryl methyl sites for hydroxylation is 1. The number of aliphatic hydroxyl groups excluding tert-OH is 1. The Morgan fingerprint density at radius 3 is 2.25 bits per heavy atom. The van der Waals surface area contributed by atoms with Crippen LogP contribution >= 0.6 is 0 Å². The Bertz CT molecular complexity index is 2180. The number of aromatic nitrogens is 1. The number of ether oxygens (including phenoxy) is 1. The number of alkyl halides is 7. The summed E-state index contributed by atoms with van der Waals surface area (Å²) in [6, 6.07) is 3.91. The summed E-state index contributed by atoms with van der Waals surface area (Å²) in [6.45, 7) is 1.59. The molecule has 1 fully saturated rings. The van der Waals surface area contributed by atoms with Gasteiger partial charge in [0.15, 0.2) is 0 Å². The zero-order valence-corrected chi connectivity index (χ0v) is 30.3. The third-order valence-electron chi connectivity index (χ3n) is 9.46. The summed E-state index contributed by atoms with van der Waals surface area (Å²) in [5, 5.41) is 22.6. The second-order valence-electron chi connectivity index (χ2n) is 13.4. The zero-order chi connectivity index (χ0) is 42.0. The van der Waals surface area contributed by atoms with E-state index in [2.05, 4.69) is 5.32 Å². The van der Waals surface area contributed by atoms with Gasteiger partial charge in [-0.3, -0.25) is 23.9 Å². The summed E-state index contributed by atoms with van der Waals surface area (Å²) in [5.74, 6) is -6.30. The average molecular weight is 814 g/mol. The maximum absolute atomic E-state index is 16.1. The van der Waals surface area contributed by atoms with Crippen LogP contribution in [0.3, 0.4) is 0 Å². The molecular weight excluding hydrogens is 777 g/mol. The Hall–Kier alpha value is -5.36. The fourth-order valence-electron chi connectivity index (χ4n) is 6.70. The first-order valence-electron chi connectivity index (χ1n) is 17.5. The van der Waals surface area contributed by atoms with E-state index in [4.69, 9.17) is 4.74 Å². The molecule has 3 aromatic carbocycles. The number of nitrogens with one attached hydrogen (secondary N) is 1. The van der Waals surface area contributed by atoms with E-state index in [1.54, 1.807) is 0 Å². The predicted octanol–water partition coefficient (Wildman–Crippen LogP) is 6.93. The van der Waals surface area contributed by atoms with Crippen molar-refractivity contribution in [2.24, 2.45) is 0 Å². The van der Waals surface area contributed by atoms with Gasteiger partial charge in [0.2, 0.25) is 5.91 Å². The van der Waals surface area contributed by atoms with E-state index in [9.17, 15) is 55.3 Å². The highest BCUT2D eigenvalue weighted by molar-refractivity contribution is 5.85. The molecule has 1 unspecified atom stereocenters. The number of benzene rings is 3. The second-order valence-corrected chi connectivity index (χ2v) is 13.4. The van der Waals surface area contributed by atoms with Crippen LogP contribution in [0.15, 0.2) is 65.6 Å². The van der Waals surface area contributed by atoms with Gasteiger partial charge in [0.05, 0.1) is 36.8 Å². The maximum Gasteiger partial charge on any atom is 0.419 e. The number of nitrogens with zero attached hydrogens (tertiary/aromatic N) is 2. The molecule has 5 rings (SSSR count). The molecule has 57 heavy (non-hydrogen) atoms. The van der Waals surface area contributed by atoms with Gasteiger partial charge >= 0.3 is 18.3 Å². The van der Waals surface area contributed by atoms with Gasteiger partial charge in [0, 0.05) is 48.6 Å². The summed E-state index contributed by atoms with van der Waals surface area (Å²) < 4.78 is 137. The van der Waals surface area contributed by atoms with E-state index in [0.29, 0.717) is 16.8 Å². The van der Waals surface area contributed by atoms with Crippen molar-refractivity contribution in [3.05, 3.63) is 122 Å². The van der Waals surface area contributed by atoms with E-state index in [1.165, 1.54) is 30.9 Å². The quantitative estimate of drug-likeness (QED) is 0.0990. The lowest BCUT2D eigenvalue weighted by Crippen LogP contribution is -2.49. The monoisotopic (exact) mass is 813 g/mol. The third-order valence-corrected chi connectivity index (χ3v) is 9.46. The minimum atomic E-state index is -5.37. The number of pyridine rings is 1. The number of phenolic OH excluding ortho intramolecular Hbond substituents is 1. The molecule has 1 aromatic heterocycles. The Kier molecular flexibility index (Phi) is 12.8. The Labute approximate surface area is 319 Å². The van der Waals surface area contributed by atoms with Crippen molar-refractivity contribution in [3.63, 3.8) is 0 Å². The van der Waals surface area contributed by atoms with Gasteiger partial charge < -0.3 is 20.3 Å². The standard InChI is InChI=1S/C39H36F9N3O6/c1-3-57-33(55)15-30(26-12-23(13-28(35(26)42)39(46,47)48)34-20(2)5-4-6-31(34)53)49-37(56)36(25-11-21(19-52)7-8-29(25)41)51-16-22(9-10-50-17-24(40)18-50)27(14-32(51)54)38(43,44)45/h4-8,11-14,16,24,30,36,52-53H,3,9-10,15,17-19H2,1-2H3,(H,49,56)/t30-,36?/m0/s1. The van der Waals surface area contributed by atoms with Crippen LogP contribution in [0, 0.1) is 18.6 Å². The van der Waals surface area contributed by atoms with Crippen molar-refractivity contribution < 1.29 is 64.1 Å². The largest absolute Gasteiger partial charge is 0.507 e. The molecule has 0 bridgehead atoms. The van der Waals surface area contributed by atoms with E-state index in [-0.39, 0.29) is 54.6 Å². The van der Waals surface area contributed by atoms with E-state index in [1.807, 2.05) is 0 Å². The molecular formula is C39H36F9N3O6. The SMILES string of the molecule is CCOC(=O)C[C@H](NC(=O)C(c1cc(CO)ccc1F)n1cc(CCN2CC(F)C2)c(C(F)(F)F)cc1=O)c1cc(-c2c(C)cccc2O)cc(C(F)(F)F)c1F. The molecule has 0 spiro atoms. The fourth-order valence-corrected chi connectivity index (χ4v) is 6.70. The molecule has 1 amide bonds. The zero-order valence-electron chi connectivity index (χ0n) is 30.3. The number of aromatic hydroxyl groups is 1. The summed E-state index contributed by atoms with van der Waals surface area (Å²) >= 11 is 0. The van der Waals surface area contributed by atoms with Crippen LogP contribution in [-0.4, -0.2) is 64.0 Å². The number of halogens is 9. The van der Waals surface area contributed by atoms with Crippen LogP contribution in [0.5, 0.6) is 5.75 Å². The summed E-state index contributed by atoms with van der Waals surface area (Å²) in [5.41, 5.74) is -7.27. The summed E-state index contributed by atoms with van der Waals surface area (Å²) in [6.07, 6.45) is -12.5. The summed E-state index contributed by atoms with van der Waals surface area (Å²) in [4.78, 5) is 42.4. The smallest absolute Gasteiger partial charge is 0.419 e. The highest BCUT2D eigenvalue weighted by atomic mass is 19.4. The second kappa shape index (κ2) is 17.0. The number of esters is 1. The first-order valence-corrected chi connectivity index (χ1v) is 17.5. The number of aliphatic hydroxyl groups is 1. The number of carbonyl (C=O) groups is 2. The number of rotatable bonds is 13. The van der Waals surface area contributed by atoms with Gasteiger partial charge in [-0.25, -0.2) is 13.2 Å². The van der Waals surface area contributed by atoms with Gasteiger partial charge in [-0.2, -0.15) is 26.3 Å². The number of amides is 1. The normalized spacial score (nSPS) is 14.9. The predicted molar refractivity (Wildman–Crippen MR) is 187 cm³/mol. The Morgan fingerprint density at radius 2 is 1.65 bits per heavy atom. The number of carbonyl (C=O) groups excluding carboxylic acids is 2. The first-order chi connectivity index (χ1) is 26.7. The van der Waals surface area contributed by atoms with Crippen LogP contribution in [0.1, 0.15) is 64.4 Å². The van der Waals surface area contributed by atoms with E-state index >= 15 is 8.78 Å². The molecule has 4 aromatic rings. The van der Waals surface area contributed by atoms with Crippen molar-refractivity contribution in [2.45, 2.75) is 63.9 Å². The topological polar surface area (TPSA) is 121 Å². The fraction of sp³-hybridized carbons (Fsp3) is 0.359. The van der Waals surface area contributed by atoms with Gasteiger partial charge in [0.1, 0.15) is 29.6 Å². The molecule has 18 heteroatoms. The van der Waals surface area contributed by atoms with Gasteiger partial charge in [-0.1, -0.05) is 18.2 Å². The molecule has 1 saturated heterocycles.